The molecule has 0 aromatic heterocycles. The lowest BCUT2D eigenvalue weighted by Gasteiger charge is -2.25. The average Bonchev–Trinajstić information content (AvgIpc) is 2.91. The Hall–Kier alpha value is -1.06. The number of rotatable bonds is 4. The van der Waals surface area contributed by atoms with Crippen LogP contribution in [0, 0.1) is 5.92 Å². The number of nitrogens with zero attached hydrogens (tertiary/aromatic N) is 1. The van der Waals surface area contributed by atoms with Crippen molar-refractivity contribution in [2.24, 2.45) is 5.92 Å². The number of piperidine rings is 1. The standard InChI is InChI=1S/C17H26N2O/c1-3-20-16-8-6-14(7-9-16)13(2)19-11-15-5-4-10-18-17(15)12-19/h6-9,13,15,17-18H,3-5,10-12H2,1-2H3. The van der Waals surface area contributed by atoms with Crippen LogP contribution in [0.3, 0.4) is 0 Å². The summed E-state index contributed by atoms with van der Waals surface area (Å²) in [5.74, 6) is 1.83. The molecular formula is C17H26N2O. The first-order valence-corrected chi connectivity index (χ1v) is 7.98. The van der Waals surface area contributed by atoms with E-state index in [9.17, 15) is 0 Å². The van der Waals surface area contributed by atoms with Crippen molar-refractivity contribution < 1.29 is 4.74 Å². The fourth-order valence-electron chi connectivity index (χ4n) is 3.62. The summed E-state index contributed by atoms with van der Waals surface area (Å²) in [6, 6.07) is 9.83. The predicted molar refractivity (Wildman–Crippen MR) is 82.1 cm³/mol. The highest BCUT2D eigenvalue weighted by molar-refractivity contribution is 5.29. The Morgan fingerprint density at radius 2 is 2.10 bits per heavy atom. The first kappa shape index (κ1) is 13.9. The molecule has 3 atom stereocenters. The highest BCUT2D eigenvalue weighted by atomic mass is 16.5. The molecule has 2 aliphatic rings. The molecule has 3 heteroatoms. The molecule has 2 fully saturated rings. The monoisotopic (exact) mass is 274 g/mol. The molecule has 0 aliphatic carbocycles. The van der Waals surface area contributed by atoms with Gasteiger partial charge in [-0.25, -0.2) is 0 Å². The van der Waals surface area contributed by atoms with Crippen LogP contribution >= 0.6 is 0 Å². The number of benzene rings is 1. The van der Waals surface area contributed by atoms with Crippen molar-refractivity contribution in [3.63, 3.8) is 0 Å². The maximum absolute atomic E-state index is 5.52. The van der Waals surface area contributed by atoms with Crippen LogP contribution in [-0.4, -0.2) is 37.2 Å². The molecule has 1 N–H and O–H groups in total. The number of fused-ring (bicyclic) bond motifs is 1. The van der Waals surface area contributed by atoms with Crippen LogP contribution in [0.5, 0.6) is 5.75 Å². The number of ether oxygens (including phenoxy) is 1. The van der Waals surface area contributed by atoms with E-state index in [-0.39, 0.29) is 0 Å². The lowest BCUT2D eigenvalue weighted by atomic mass is 9.94. The Bertz CT molecular complexity index is 417. The van der Waals surface area contributed by atoms with Gasteiger partial charge in [-0.1, -0.05) is 12.1 Å². The third-order valence-corrected chi connectivity index (χ3v) is 4.85. The summed E-state index contributed by atoms with van der Waals surface area (Å²) in [6.45, 7) is 8.72. The number of hydrogen-bond donors (Lipinski definition) is 1. The topological polar surface area (TPSA) is 24.5 Å². The Kier molecular flexibility index (Phi) is 4.27. The van der Waals surface area contributed by atoms with Gasteiger partial charge in [-0.15, -0.1) is 0 Å². The smallest absolute Gasteiger partial charge is 0.119 e. The third-order valence-electron chi connectivity index (χ3n) is 4.85. The van der Waals surface area contributed by atoms with Gasteiger partial charge >= 0.3 is 0 Å². The second kappa shape index (κ2) is 6.15. The number of likely N-dealkylation sites (tertiary alicyclic amines) is 1. The van der Waals surface area contributed by atoms with Gasteiger partial charge in [-0.2, -0.15) is 0 Å². The molecule has 20 heavy (non-hydrogen) atoms. The largest absolute Gasteiger partial charge is 0.494 e. The Balaban J connectivity index is 1.65. The quantitative estimate of drug-likeness (QED) is 0.913. The molecule has 110 valence electrons. The number of hydrogen-bond acceptors (Lipinski definition) is 3. The van der Waals surface area contributed by atoms with Crippen molar-refractivity contribution >= 4 is 0 Å². The maximum atomic E-state index is 5.52. The Morgan fingerprint density at radius 1 is 1.30 bits per heavy atom. The minimum Gasteiger partial charge on any atom is -0.494 e. The van der Waals surface area contributed by atoms with Crippen molar-refractivity contribution in [2.75, 3.05) is 26.2 Å². The van der Waals surface area contributed by atoms with Crippen molar-refractivity contribution in [1.29, 1.82) is 0 Å². The Labute approximate surface area is 122 Å². The van der Waals surface area contributed by atoms with Crippen molar-refractivity contribution in [3.8, 4) is 5.75 Å². The normalized spacial score (nSPS) is 28.1. The fourth-order valence-corrected chi connectivity index (χ4v) is 3.62. The van der Waals surface area contributed by atoms with Gasteiger partial charge in [0.25, 0.3) is 0 Å². The van der Waals surface area contributed by atoms with Crippen molar-refractivity contribution in [2.45, 2.75) is 38.8 Å². The van der Waals surface area contributed by atoms with Gasteiger partial charge in [0.2, 0.25) is 0 Å². The van der Waals surface area contributed by atoms with E-state index in [1.165, 1.54) is 38.0 Å². The SMILES string of the molecule is CCOc1ccc(C(C)N2CC3CCCNC3C2)cc1. The molecule has 0 saturated carbocycles. The van der Waals surface area contributed by atoms with Gasteiger partial charge in [-0.3, -0.25) is 4.90 Å². The van der Waals surface area contributed by atoms with E-state index < -0.39 is 0 Å². The summed E-state index contributed by atoms with van der Waals surface area (Å²) in [7, 11) is 0. The van der Waals surface area contributed by atoms with E-state index in [0.717, 1.165) is 18.3 Å². The second-order valence-corrected chi connectivity index (χ2v) is 6.09. The van der Waals surface area contributed by atoms with Crippen LogP contribution in [0.4, 0.5) is 0 Å². The zero-order valence-corrected chi connectivity index (χ0v) is 12.6. The van der Waals surface area contributed by atoms with Gasteiger partial charge in [0, 0.05) is 25.2 Å². The molecule has 3 unspecified atom stereocenters. The van der Waals surface area contributed by atoms with Gasteiger partial charge in [0.1, 0.15) is 5.75 Å². The van der Waals surface area contributed by atoms with Crippen LogP contribution < -0.4 is 10.1 Å². The molecule has 0 amide bonds. The van der Waals surface area contributed by atoms with E-state index in [1.807, 2.05) is 6.92 Å². The Morgan fingerprint density at radius 3 is 2.80 bits per heavy atom. The molecular weight excluding hydrogens is 248 g/mol. The van der Waals surface area contributed by atoms with E-state index in [1.54, 1.807) is 0 Å². The average molecular weight is 274 g/mol. The second-order valence-electron chi connectivity index (χ2n) is 6.09. The molecule has 3 nitrogen and oxygen atoms in total. The molecule has 0 spiro atoms. The summed E-state index contributed by atoms with van der Waals surface area (Å²) >= 11 is 0. The van der Waals surface area contributed by atoms with Crippen LogP contribution in [0.1, 0.15) is 38.3 Å². The summed E-state index contributed by atoms with van der Waals surface area (Å²) in [6.07, 6.45) is 2.73. The van der Waals surface area contributed by atoms with E-state index in [2.05, 4.69) is 41.4 Å². The molecule has 1 aromatic carbocycles. The summed E-state index contributed by atoms with van der Waals surface area (Å²) in [4.78, 5) is 2.63. The summed E-state index contributed by atoms with van der Waals surface area (Å²) < 4.78 is 5.52. The van der Waals surface area contributed by atoms with Crippen molar-refractivity contribution in [1.82, 2.24) is 10.2 Å². The lowest BCUT2D eigenvalue weighted by Crippen LogP contribution is -2.40. The molecule has 2 saturated heterocycles. The van der Waals surface area contributed by atoms with Crippen molar-refractivity contribution in [3.05, 3.63) is 29.8 Å². The van der Waals surface area contributed by atoms with Crippen LogP contribution in [0.15, 0.2) is 24.3 Å². The highest BCUT2D eigenvalue weighted by Crippen LogP contribution is 2.31. The molecule has 0 bridgehead atoms. The fraction of sp³-hybridized carbons (Fsp3) is 0.647. The number of nitrogens with one attached hydrogen (secondary N) is 1. The van der Waals surface area contributed by atoms with E-state index in [0.29, 0.717) is 12.1 Å². The molecule has 3 rings (SSSR count). The van der Waals surface area contributed by atoms with Crippen LogP contribution in [0.2, 0.25) is 0 Å². The van der Waals surface area contributed by atoms with Gasteiger partial charge in [0.05, 0.1) is 6.61 Å². The van der Waals surface area contributed by atoms with Gasteiger partial charge in [-0.05, 0) is 56.8 Å². The maximum Gasteiger partial charge on any atom is 0.119 e. The molecule has 2 aliphatic heterocycles. The predicted octanol–water partition coefficient (Wildman–Crippen LogP) is 2.83. The minimum absolute atomic E-state index is 0.498. The minimum atomic E-state index is 0.498. The first-order valence-electron chi connectivity index (χ1n) is 7.98. The summed E-state index contributed by atoms with van der Waals surface area (Å²) in [5, 5.41) is 3.68. The summed E-state index contributed by atoms with van der Waals surface area (Å²) in [5.41, 5.74) is 1.40. The zero-order valence-electron chi connectivity index (χ0n) is 12.6. The van der Waals surface area contributed by atoms with Crippen LogP contribution in [-0.2, 0) is 0 Å². The van der Waals surface area contributed by atoms with Crippen LogP contribution in [0.25, 0.3) is 0 Å². The zero-order chi connectivity index (χ0) is 13.9. The van der Waals surface area contributed by atoms with Gasteiger partial charge < -0.3 is 10.1 Å². The lowest BCUT2D eigenvalue weighted by molar-refractivity contribution is 0.250. The third kappa shape index (κ3) is 2.84. The molecule has 1 aromatic rings. The molecule has 2 heterocycles. The van der Waals surface area contributed by atoms with E-state index in [4.69, 9.17) is 4.74 Å². The van der Waals surface area contributed by atoms with Gasteiger partial charge in [0.15, 0.2) is 0 Å². The van der Waals surface area contributed by atoms with E-state index >= 15 is 0 Å². The first-order chi connectivity index (χ1) is 9.78. The molecule has 0 radical (unpaired) electrons. The highest BCUT2D eigenvalue weighted by Gasteiger charge is 2.36.